The lowest BCUT2D eigenvalue weighted by atomic mass is 9.91. The van der Waals surface area contributed by atoms with Crippen molar-refractivity contribution in [3.63, 3.8) is 0 Å². The van der Waals surface area contributed by atoms with Gasteiger partial charge in [0.2, 0.25) is 11.8 Å². The number of likely N-dealkylation sites (tertiary alicyclic amines) is 2. The Labute approximate surface area is 152 Å². The highest BCUT2D eigenvalue weighted by molar-refractivity contribution is 5.80. The fourth-order valence-electron chi connectivity index (χ4n) is 3.87. The Morgan fingerprint density at radius 3 is 1.52 bits per heavy atom. The molecular formula is C19H36N4O2. The lowest BCUT2D eigenvalue weighted by molar-refractivity contribution is -0.126. The van der Waals surface area contributed by atoms with E-state index in [4.69, 9.17) is 0 Å². The first-order valence-corrected chi connectivity index (χ1v) is 9.58. The third-order valence-electron chi connectivity index (χ3n) is 6.30. The molecule has 6 heteroatoms. The molecule has 0 spiro atoms. The fraction of sp³-hybridized carbons (Fsp3) is 0.895. The molecular weight excluding hydrogens is 316 g/mol. The van der Waals surface area contributed by atoms with Crippen molar-refractivity contribution in [2.24, 2.45) is 17.3 Å². The number of nitrogens with zero attached hydrogens (tertiary/aromatic N) is 2. The molecule has 0 aliphatic carbocycles. The first kappa shape index (κ1) is 20.2. The average Bonchev–Trinajstić information content (AvgIpc) is 3.07. The molecule has 4 atom stereocenters. The van der Waals surface area contributed by atoms with Gasteiger partial charge in [0, 0.05) is 25.2 Å². The van der Waals surface area contributed by atoms with E-state index in [1.165, 1.54) is 0 Å². The lowest BCUT2D eigenvalue weighted by Gasteiger charge is -2.28. The largest absolute Gasteiger partial charge is 0.355 e. The SMILES string of the molecule is C[C@@H]1[C@H](C(=O)NCC(C)(C)CNC(=O)[C@H]2CCN(C)[C@H]2C)CCN1C. The topological polar surface area (TPSA) is 64.7 Å². The Morgan fingerprint density at radius 1 is 0.880 bits per heavy atom. The van der Waals surface area contributed by atoms with Gasteiger partial charge in [-0.05, 0) is 59.3 Å². The molecule has 6 nitrogen and oxygen atoms in total. The summed E-state index contributed by atoms with van der Waals surface area (Å²) in [5.74, 6) is 0.431. The summed E-state index contributed by atoms with van der Waals surface area (Å²) in [4.78, 5) is 29.4. The third kappa shape index (κ3) is 4.94. The molecule has 0 aromatic rings. The standard InChI is InChI=1S/C19H36N4O2/c1-13-15(7-9-22(13)5)17(24)20-11-19(3,4)12-21-18(25)16-8-10-23(6)14(16)2/h13-16H,7-12H2,1-6H3,(H,20,24)(H,21,25)/t13-,14+,15-,16+. The second kappa shape index (κ2) is 8.04. The van der Waals surface area contributed by atoms with E-state index in [1.54, 1.807) is 0 Å². The van der Waals surface area contributed by atoms with Gasteiger partial charge in [-0.25, -0.2) is 0 Å². The molecule has 2 heterocycles. The molecule has 2 N–H and O–H groups in total. The van der Waals surface area contributed by atoms with Gasteiger partial charge >= 0.3 is 0 Å². The Bertz CT molecular complexity index is 452. The zero-order chi connectivity index (χ0) is 18.8. The minimum absolute atomic E-state index is 0.0743. The van der Waals surface area contributed by atoms with E-state index in [1.807, 2.05) is 0 Å². The van der Waals surface area contributed by atoms with Crippen LogP contribution in [0.15, 0.2) is 0 Å². The Morgan fingerprint density at radius 2 is 1.24 bits per heavy atom. The summed E-state index contributed by atoms with van der Waals surface area (Å²) >= 11 is 0. The van der Waals surface area contributed by atoms with Gasteiger partial charge in [-0.15, -0.1) is 0 Å². The van der Waals surface area contributed by atoms with Crippen molar-refractivity contribution in [3.8, 4) is 0 Å². The van der Waals surface area contributed by atoms with Crippen LogP contribution in [-0.2, 0) is 9.59 Å². The average molecular weight is 353 g/mol. The maximum Gasteiger partial charge on any atom is 0.224 e. The predicted octanol–water partition coefficient (Wildman–Crippen LogP) is 0.925. The van der Waals surface area contributed by atoms with E-state index < -0.39 is 0 Å². The second-order valence-electron chi connectivity index (χ2n) is 8.83. The highest BCUT2D eigenvalue weighted by atomic mass is 16.2. The summed E-state index contributed by atoms with van der Waals surface area (Å²) in [5.41, 5.74) is -0.160. The zero-order valence-electron chi connectivity index (χ0n) is 16.8. The van der Waals surface area contributed by atoms with Crippen molar-refractivity contribution >= 4 is 11.8 Å². The quantitative estimate of drug-likeness (QED) is 0.746. The van der Waals surface area contributed by atoms with E-state index in [0.717, 1.165) is 25.9 Å². The Balaban J connectivity index is 1.76. The van der Waals surface area contributed by atoms with Gasteiger partial charge in [-0.2, -0.15) is 0 Å². The zero-order valence-corrected chi connectivity index (χ0v) is 16.8. The van der Waals surface area contributed by atoms with Crippen LogP contribution in [0.25, 0.3) is 0 Å². The van der Waals surface area contributed by atoms with Gasteiger partial charge in [-0.3, -0.25) is 9.59 Å². The lowest BCUT2D eigenvalue weighted by Crippen LogP contribution is -2.46. The number of hydrogen-bond acceptors (Lipinski definition) is 4. The normalized spacial score (nSPS) is 31.3. The molecule has 0 saturated carbocycles. The van der Waals surface area contributed by atoms with Gasteiger partial charge in [0.1, 0.15) is 0 Å². The van der Waals surface area contributed by atoms with Crippen LogP contribution in [0.4, 0.5) is 0 Å². The number of amides is 2. The molecule has 2 fully saturated rings. The van der Waals surface area contributed by atoms with E-state index in [0.29, 0.717) is 25.2 Å². The smallest absolute Gasteiger partial charge is 0.224 e. The van der Waals surface area contributed by atoms with Gasteiger partial charge in [-0.1, -0.05) is 13.8 Å². The number of carbonyl (C=O) groups is 2. The van der Waals surface area contributed by atoms with Crippen LogP contribution in [0.3, 0.4) is 0 Å². The molecule has 0 unspecified atom stereocenters. The fourth-order valence-corrected chi connectivity index (χ4v) is 3.87. The summed E-state index contributed by atoms with van der Waals surface area (Å²) in [6, 6.07) is 0.590. The molecule has 0 radical (unpaired) electrons. The van der Waals surface area contributed by atoms with Crippen molar-refractivity contribution in [1.82, 2.24) is 20.4 Å². The van der Waals surface area contributed by atoms with E-state index in [-0.39, 0.29) is 29.1 Å². The van der Waals surface area contributed by atoms with Crippen LogP contribution in [0, 0.1) is 17.3 Å². The minimum atomic E-state index is -0.160. The summed E-state index contributed by atoms with van der Waals surface area (Å²) in [6.45, 7) is 11.5. The van der Waals surface area contributed by atoms with Gasteiger partial charge in [0.25, 0.3) is 0 Å². The van der Waals surface area contributed by atoms with Crippen molar-refractivity contribution in [1.29, 1.82) is 0 Å². The number of carbonyl (C=O) groups excluding carboxylic acids is 2. The van der Waals surface area contributed by atoms with Crippen molar-refractivity contribution in [3.05, 3.63) is 0 Å². The number of rotatable bonds is 6. The van der Waals surface area contributed by atoms with Crippen molar-refractivity contribution in [2.75, 3.05) is 40.3 Å². The molecule has 2 saturated heterocycles. The first-order valence-electron chi connectivity index (χ1n) is 9.58. The van der Waals surface area contributed by atoms with Crippen LogP contribution < -0.4 is 10.6 Å². The van der Waals surface area contributed by atoms with Crippen molar-refractivity contribution < 1.29 is 9.59 Å². The predicted molar refractivity (Wildman–Crippen MR) is 100 cm³/mol. The second-order valence-corrected chi connectivity index (χ2v) is 8.83. The molecule has 0 aromatic carbocycles. The van der Waals surface area contributed by atoms with E-state index in [9.17, 15) is 9.59 Å². The molecule has 144 valence electrons. The van der Waals surface area contributed by atoms with E-state index in [2.05, 4.69) is 62.2 Å². The van der Waals surface area contributed by atoms with Crippen LogP contribution >= 0.6 is 0 Å². The number of nitrogens with one attached hydrogen (secondary N) is 2. The minimum Gasteiger partial charge on any atom is -0.355 e. The molecule has 2 amide bonds. The van der Waals surface area contributed by atoms with Crippen molar-refractivity contribution in [2.45, 2.75) is 52.6 Å². The third-order valence-corrected chi connectivity index (χ3v) is 6.30. The maximum atomic E-state index is 12.4. The summed E-state index contributed by atoms with van der Waals surface area (Å²) < 4.78 is 0. The monoisotopic (exact) mass is 352 g/mol. The molecule has 2 rings (SSSR count). The molecule has 2 aliphatic rings. The Kier molecular flexibility index (Phi) is 6.49. The van der Waals surface area contributed by atoms with Crippen LogP contribution in [0.2, 0.25) is 0 Å². The molecule has 2 aliphatic heterocycles. The molecule has 0 bridgehead atoms. The highest BCUT2D eigenvalue weighted by Gasteiger charge is 2.35. The van der Waals surface area contributed by atoms with Gasteiger partial charge in [0.15, 0.2) is 0 Å². The van der Waals surface area contributed by atoms with Crippen LogP contribution in [-0.4, -0.2) is 74.0 Å². The van der Waals surface area contributed by atoms with E-state index >= 15 is 0 Å². The summed E-state index contributed by atoms with van der Waals surface area (Å²) in [6.07, 6.45) is 1.85. The first-order chi connectivity index (χ1) is 11.6. The maximum absolute atomic E-state index is 12.4. The van der Waals surface area contributed by atoms with Gasteiger partial charge < -0.3 is 20.4 Å². The summed E-state index contributed by atoms with van der Waals surface area (Å²) in [5, 5.41) is 6.20. The molecule has 25 heavy (non-hydrogen) atoms. The van der Waals surface area contributed by atoms with Crippen LogP contribution in [0.5, 0.6) is 0 Å². The highest BCUT2D eigenvalue weighted by Crippen LogP contribution is 2.24. The van der Waals surface area contributed by atoms with Gasteiger partial charge in [0.05, 0.1) is 11.8 Å². The summed E-state index contributed by atoms with van der Waals surface area (Å²) in [7, 11) is 4.14. The van der Waals surface area contributed by atoms with Crippen LogP contribution in [0.1, 0.15) is 40.5 Å². The Hall–Kier alpha value is -1.14. The molecule has 0 aromatic heterocycles. The number of hydrogen-bond donors (Lipinski definition) is 2.